The van der Waals surface area contributed by atoms with Crippen molar-refractivity contribution in [3.05, 3.63) is 29.0 Å². The lowest BCUT2D eigenvalue weighted by atomic mass is 10.2. The van der Waals surface area contributed by atoms with Crippen LogP contribution in [0.25, 0.3) is 0 Å². The van der Waals surface area contributed by atoms with E-state index in [2.05, 4.69) is 10.6 Å². The molecule has 0 saturated heterocycles. The van der Waals surface area contributed by atoms with Gasteiger partial charge < -0.3 is 10.6 Å². The highest BCUT2D eigenvalue weighted by Crippen LogP contribution is 2.21. The lowest BCUT2D eigenvalue weighted by molar-refractivity contribution is -0.120. The van der Waals surface area contributed by atoms with Crippen LogP contribution in [0.1, 0.15) is 20.3 Å². The van der Waals surface area contributed by atoms with Crippen LogP contribution in [0.15, 0.2) is 18.2 Å². The molecule has 0 aliphatic heterocycles. The minimum atomic E-state index is -0.390. The van der Waals surface area contributed by atoms with E-state index in [1.165, 1.54) is 18.2 Å². The van der Waals surface area contributed by atoms with Crippen LogP contribution in [0.5, 0.6) is 0 Å². The van der Waals surface area contributed by atoms with Crippen LogP contribution < -0.4 is 10.6 Å². The van der Waals surface area contributed by atoms with E-state index in [0.29, 0.717) is 10.7 Å². The number of hydrogen-bond acceptors (Lipinski definition) is 2. The van der Waals surface area contributed by atoms with E-state index in [1.807, 2.05) is 13.8 Å². The number of carbonyl (C=O) groups is 1. The van der Waals surface area contributed by atoms with Crippen molar-refractivity contribution < 1.29 is 9.18 Å². The molecule has 0 radical (unpaired) electrons. The molecule has 0 aliphatic carbocycles. The molecule has 94 valence electrons. The fourth-order valence-corrected chi connectivity index (χ4v) is 1.42. The van der Waals surface area contributed by atoms with Crippen LogP contribution in [-0.2, 0) is 4.79 Å². The van der Waals surface area contributed by atoms with Gasteiger partial charge in [-0.1, -0.05) is 18.5 Å². The van der Waals surface area contributed by atoms with E-state index in [1.54, 1.807) is 0 Å². The molecule has 0 aliphatic rings. The minimum Gasteiger partial charge on any atom is -0.375 e. The van der Waals surface area contributed by atoms with Gasteiger partial charge in [0.1, 0.15) is 5.82 Å². The number of hydrogen-bond donors (Lipinski definition) is 2. The van der Waals surface area contributed by atoms with Crippen LogP contribution in [0.3, 0.4) is 0 Å². The largest absolute Gasteiger partial charge is 0.375 e. The van der Waals surface area contributed by atoms with Gasteiger partial charge in [-0.15, -0.1) is 0 Å². The molecule has 3 nitrogen and oxygen atoms in total. The monoisotopic (exact) mass is 258 g/mol. The molecule has 0 spiro atoms. The van der Waals surface area contributed by atoms with Gasteiger partial charge in [-0.25, -0.2) is 4.39 Å². The number of benzene rings is 1. The predicted molar refractivity (Wildman–Crippen MR) is 67.8 cm³/mol. The van der Waals surface area contributed by atoms with Crippen molar-refractivity contribution in [1.29, 1.82) is 0 Å². The van der Waals surface area contributed by atoms with Crippen molar-refractivity contribution in [2.45, 2.75) is 26.3 Å². The number of rotatable bonds is 5. The predicted octanol–water partition coefficient (Wildman–Crippen LogP) is 2.81. The molecule has 2 N–H and O–H groups in total. The molecule has 0 bridgehead atoms. The Morgan fingerprint density at radius 3 is 2.88 bits per heavy atom. The lowest BCUT2D eigenvalue weighted by Gasteiger charge is -2.13. The molecule has 0 saturated carbocycles. The quantitative estimate of drug-likeness (QED) is 0.853. The van der Waals surface area contributed by atoms with E-state index in [-0.39, 0.29) is 24.3 Å². The third kappa shape index (κ3) is 4.61. The van der Waals surface area contributed by atoms with E-state index in [9.17, 15) is 9.18 Å². The summed E-state index contributed by atoms with van der Waals surface area (Å²) in [5.74, 6) is -0.529. The first-order valence-electron chi connectivity index (χ1n) is 5.51. The molecule has 1 atom stereocenters. The normalized spacial score (nSPS) is 12.0. The van der Waals surface area contributed by atoms with Crippen molar-refractivity contribution in [2.75, 3.05) is 11.9 Å². The highest BCUT2D eigenvalue weighted by atomic mass is 35.5. The molecule has 0 aromatic heterocycles. The zero-order chi connectivity index (χ0) is 12.8. The third-order valence-corrected chi connectivity index (χ3v) is 2.72. The van der Waals surface area contributed by atoms with Crippen molar-refractivity contribution in [3.8, 4) is 0 Å². The molecule has 0 fully saturated rings. The second-order valence-electron chi connectivity index (χ2n) is 3.85. The lowest BCUT2D eigenvalue weighted by Crippen LogP contribution is -2.36. The second-order valence-corrected chi connectivity index (χ2v) is 4.26. The Morgan fingerprint density at radius 1 is 1.53 bits per heavy atom. The Labute approximate surface area is 105 Å². The Balaban J connectivity index is 2.50. The van der Waals surface area contributed by atoms with Crippen molar-refractivity contribution in [3.63, 3.8) is 0 Å². The molecule has 1 aromatic carbocycles. The summed E-state index contributed by atoms with van der Waals surface area (Å²) in [6.45, 7) is 3.99. The second kappa shape index (κ2) is 6.45. The van der Waals surface area contributed by atoms with Crippen molar-refractivity contribution >= 4 is 23.2 Å². The molecule has 1 aromatic rings. The van der Waals surface area contributed by atoms with Crippen molar-refractivity contribution in [2.24, 2.45) is 0 Å². The molecule has 5 heteroatoms. The van der Waals surface area contributed by atoms with Gasteiger partial charge in [0.15, 0.2) is 0 Å². The van der Waals surface area contributed by atoms with Gasteiger partial charge in [-0.3, -0.25) is 4.79 Å². The topological polar surface area (TPSA) is 41.1 Å². The Kier molecular flexibility index (Phi) is 5.22. The summed E-state index contributed by atoms with van der Waals surface area (Å²) in [5.41, 5.74) is 0.422. The van der Waals surface area contributed by atoms with Gasteiger partial charge in [-0.05, 0) is 31.5 Å². The average molecular weight is 259 g/mol. The van der Waals surface area contributed by atoms with Crippen LogP contribution in [0.2, 0.25) is 5.02 Å². The van der Waals surface area contributed by atoms with E-state index in [4.69, 9.17) is 11.6 Å². The molecule has 1 rings (SSSR count). The van der Waals surface area contributed by atoms with E-state index < -0.39 is 0 Å². The van der Waals surface area contributed by atoms with Crippen molar-refractivity contribution in [1.82, 2.24) is 5.32 Å². The summed E-state index contributed by atoms with van der Waals surface area (Å²) in [4.78, 5) is 11.5. The van der Waals surface area contributed by atoms with E-state index in [0.717, 1.165) is 6.42 Å². The Hall–Kier alpha value is -1.29. The Bertz CT molecular complexity index is 398. The fraction of sp³-hybridized carbons (Fsp3) is 0.417. The molecule has 17 heavy (non-hydrogen) atoms. The first kappa shape index (κ1) is 13.8. The fourth-order valence-electron chi connectivity index (χ4n) is 1.24. The molecular weight excluding hydrogens is 243 g/mol. The van der Waals surface area contributed by atoms with Crippen LogP contribution in [0.4, 0.5) is 10.1 Å². The van der Waals surface area contributed by atoms with Crippen LogP contribution in [-0.4, -0.2) is 18.5 Å². The number of nitrogens with one attached hydrogen (secondary N) is 2. The molecule has 0 heterocycles. The first-order chi connectivity index (χ1) is 8.02. The van der Waals surface area contributed by atoms with Crippen LogP contribution in [0, 0.1) is 5.82 Å². The Morgan fingerprint density at radius 2 is 2.24 bits per heavy atom. The molecule has 1 unspecified atom stereocenters. The zero-order valence-corrected chi connectivity index (χ0v) is 10.6. The zero-order valence-electron chi connectivity index (χ0n) is 9.89. The van der Waals surface area contributed by atoms with E-state index >= 15 is 0 Å². The van der Waals surface area contributed by atoms with Gasteiger partial charge in [0.05, 0.1) is 17.3 Å². The van der Waals surface area contributed by atoms with Gasteiger partial charge >= 0.3 is 0 Å². The summed E-state index contributed by atoms with van der Waals surface area (Å²) >= 11 is 5.85. The van der Waals surface area contributed by atoms with Gasteiger partial charge in [0.25, 0.3) is 0 Å². The summed E-state index contributed by atoms with van der Waals surface area (Å²) in [7, 11) is 0. The smallest absolute Gasteiger partial charge is 0.239 e. The van der Waals surface area contributed by atoms with Gasteiger partial charge in [0.2, 0.25) is 5.91 Å². The summed E-state index contributed by atoms with van der Waals surface area (Å²) in [6, 6.07) is 4.12. The molecular formula is C12H16ClFN2O. The van der Waals surface area contributed by atoms with Gasteiger partial charge in [0, 0.05) is 6.04 Å². The van der Waals surface area contributed by atoms with Crippen LogP contribution >= 0.6 is 11.6 Å². The third-order valence-electron chi connectivity index (χ3n) is 2.39. The van der Waals surface area contributed by atoms with Gasteiger partial charge in [-0.2, -0.15) is 0 Å². The number of halogens is 2. The summed E-state index contributed by atoms with van der Waals surface area (Å²) in [5, 5.41) is 5.99. The minimum absolute atomic E-state index is 0.0769. The highest BCUT2D eigenvalue weighted by molar-refractivity contribution is 6.33. The maximum Gasteiger partial charge on any atom is 0.239 e. The summed E-state index contributed by atoms with van der Waals surface area (Å²) < 4.78 is 12.9. The first-order valence-corrected chi connectivity index (χ1v) is 5.89. The number of amides is 1. The maximum absolute atomic E-state index is 12.9. The molecule has 1 amide bonds. The standard InChI is InChI=1S/C12H16ClFN2O/c1-3-8(2)16-12(17)7-15-11-6-9(14)4-5-10(11)13/h4-6,8,15H,3,7H2,1-2H3,(H,16,17). The summed E-state index contributed by atoms with van der Waals surface area (Å²) in [6.07, 6.45) is 0.868. The average Bonchev–Trinajstić information content (AvgIpc) is 2.30. The number of anilines is 1. The maximum atomic E-state index is 12.9. The SMILES string of the molecule is CCC(C)NC(=O)CNc1cc(F)ccc1Cl. The number of carbonyl (C=O) groups excluding carboxylic acids is 1. The highest BCUT2D eigenvalue weighted by Gasteiger charge is 2.07.